The van der Waals surface area contributed by atoms with Gasteiger partial charge in [0.15, 0.2) is 5.82 Å². The lowest BCUT2D eigenvalue weighted by Gasteiger charge is -2.14. The molecule has 2 heterocycles. The van der Waals surface area contributed by atoms with Crippen molar-refractivity contribution < 1.29 is 9.32 Å². The van der Waals surface area contributed by atoms with Gasteiger partial charge < -0.3 is 9.42 Å². The summed E-state index contributed by atoms with van der Waals surface area (Å²) < 4.78 is 5.41. The van der Waals surface area contributed by atoms with E-state index in [1.54, 1.807) is 0 Å². The van der Waals surface area contributed by atoms with E-state index in [9.17, 15) is 4.79 Å². The maximum atomic E-state index is 12.3. The molecule has 0 bridgehead atoms. The van der Waals surface area contributed by atoms with E-state index in [-0.39, 0.29) is 11.8 Å². The Bertz CT molecular complexity index is 677. The van der Waals surface area contributed by atoms with Crippen LogP contribution in [-0.2, 0) is 11.3 Å². The summed E-state index contributed by atoms with van der Waals surface area (Å²) in [5, 5.41) is 4.08. The van der Waals surface area contributed by atoms with E-state index in [2.05, 4.69) is 22.3 Å². The van der Waals surface area contributed by atoms with Crippen LogP contribution in [0.15, 0.2) is 34.9 Å². The number of amides is 1. The Labute approximate surface area is 135 Å². The Balaban J connectivity index is 1.42. The molecule has 1 aliphatic heterocycles. The molecule has 0 radical (unpaired) electrons. The summed E-state index contributed by atoms with van der Waals surface area (Å²) in [6.07, 6.45) is 5.33. The quantitative estimate of drug-likeness (QED) is 0.869. The lowest BCUT2D eigenvalue weighted by Crippen LogP contribution is -2.25. The lowest BCUT2D eigenvalue weighted by atomic mass is 9.99. The van der Waals surface area contributed by atoms with Crippen LogP contribution in [0.1, 0.15) is 61.2 Å². The number of likely N-dealkylation sites (tertiary alicyclic amines) is 1. The van der Waals surface area contributed by atoms with Crippen molar-refractivity contribution in [2.75, 3.05) is 6.54 Å². The largest absolute Gasteiger partial charge is 0.339 e. The summed E-state index contributed by atoms with van der Waals surface area (Å²) in [4.78, 5) is 18.6. The molecule has 1 unspecified atom stereocenters. The van der Waals surface area contributed by atoms with E-state index < -0.39 is 0 Å². The van der Waals surface area contributed by atoms with Gasteiger partial charge >= 0.3 is 0 Å². The molecular weight excluding hydrogens is 290 g/mol. The van der Waals surface area contributed by atoms with E-state index in [1.165, 1.54) is 18.4 Å². The zero-order valence-corrected chi connectivity index (χ0v) is 13.1. The SMILES string of the molecule is O=C1CC(c2ccccc2)CN1Cc1noc(C2CCCC2)n1. The molecule has 1 amide bonds. The fourth-order valence-electron chi connectivity index (χ4n) is 3.71. The van der Waals surface area contributed by atoms with Crippen molar-refractivity contribution in [1.82, 2.24) is 15.0 Å². The Morgan fingerprint density at radius 2 is 1.91 bits per heavy atom. The van der Waals surface area contributed by atoms with Crippen LogP contribution < -0.4 is 0 Å². The fraction of sp³-hybridized carbons (Fsp3) is 0.500. The van der Waals surface area contributed by atoms with Crippen molar-refractivity contribution in [3.63, 3.8) is 0 Å². The summed E-state index contributed by atoms with van der Waals surface area (Å²) in [5.41, 5.74) is 1.23. The minimum Gasteiger partial charge on any atom is -0.339 e. The van der Waals surface area contributed by atoms with Gasteiger partial charge in [0.05, 0.1) is 6.54 Å². The lowest BCUT2D eigenvalue weighted by molar-refractivity contribution is -0.128. The summed E-state index contributed by atoms with van der Waals surface area (Å²) >= 11 is 0. The third kappa shape index (κ3) is 3.00. The molecule has 4 rings (SSSR count). The van der Waals surface area contributed by atoms with E-state index in [0.717, 1.165) is 25.3 Å². The predicted molar refractivity (Wildman–Crippen MR) is 84.7 cm³/mol. The Hall–Kier alpha value is -2.17. The summed E-state index contributed by atoms with van der Waals surface area (Å²) in [6.45, 7) is 1.19. The van der Waals surface area contributed by atoms with Gasteiger partial charge in [-0.15, -0.1) is 0 Å². The Kier molecular flexibility index (Phi) is 3.85. The second-order valence-corrected chi connectivity index (χ2v) is 6.62. The molecule has 1 saturated heterocycles. The number of benzene rings is 1. The van der Waals surface area contributed by atoms with Crippen molar-refractivity contribution in [3.05, 3.63) is 47.6 Å². The third-order valence-corrected chi connectivity index (χ3v) is 5.01. The van der Waals surface area contributed by atoms with Gasteiger partial charge in [-0.3, -0.25) is 4.79 Å². The molecule has 5 nitrogen and oxygen atoms in total. The smallest absolute Gasteiger partial charge is 0.229 e. The van der Waals surface area contributed by atoms with E-state index in [0.29, 0.717) is 24.7 Å². The van der Waals surface area contributed by atoms with E-state index >= 15 is 0 Å². The molecule has 1 saturated carbocycles. The Morgan fingerprint density at radius 3 is 2.70 bits per heavy atom. The summed E-state index contributed by atoms with van der Waals surface area (Å²) in [6, 6.07) is 10.2. The number of aromatic nitrogens is 2. The van der Waals surface area contributed by atoms with E-state index in [1.807, 2.05) is 23.1 Å². The maximum absolute atomic E-state index is 12.3. The van der Waals surface area contributed by atoms with Gasteiger partial charge in [-0.1, -0.05) is 48.3 Å². The molecule has 2 fully saturated rings. The van der Waals surface area contributed by atoms with Crippen LogP contribution in [-0.4, -0.2) is 27.5 Å². The molecule has 2 aromatic rings. The summed E-state index contributed by atoms with van der Waals surface area (Å²) in [5.74, 6) is 2.25. The number of carbonyl (C=O) groups is 1. The highest BCUT2D eigenvalue weighted by Crippen LogP contribution is 2.33. The van der Waals surface area contributed by atoms with Gasteiger partial charge in [0.25, 0.3) is 0 Å². The molecule has 0 spiro atoms. The maximum Gasteiger partial charge on any atom is 0.229 e. The first-order chi connectivity index (χ1) is 11.3. The molecule has 2 aliphatic rings. The number of hydrogen-bond donors (Lipinski definition) is 0. The molecule has 1 aromatic carbocycles. The van der Waals surface area contributed by atoms with Gasteiger partial charge in [-0.05, 0) is 18.4 Å². The monoisotopic (exact) mass is 311 g/mol. The van der Waals surface area contributed by atoms with Crippen LogP contribution in [0.2, 0.25) is 0 Å². The second kappa shape index (κ2) is 6.14. The molecule has 120 valence electrons. The first-order valence-corrected chi connectivity index (χ1v) is 8.45. The molecular formula is C18H21N3O2. The van der Waals surface area contributed by atoms with Gasteiger partial charge in [0.2, 0.25) is 11.8 Å². The Morgan fingerprint density at radius 1 is 1.13 bits per heavy atom. The average Bonchev–Trinajstić information content (AvgIpc) is 3.30. The van der Waals surface area contributed by atoms with Crippen molar-refractivity contribution in [2.45, 2.75) is 50.5 Å². The molecule has 1 aliphatic carbocycles. The van der Waals surface area contributed by atoms with Crippen LogP contribution in [0.25, 0.3) is 0 Å². The van der Waals surface area contributed by atoms with Crippen molar-refractivity contribution >= 4 is 5.91 Å². The number of hydrogen-bond acceptors (Lipinski definition) is 4. The zero-order chi connectivity index (χ0) is 15.6. The van der Waals surface area contributed by atoms with E-state index in [4.69, 9.17) is 4.52 Å². The highest BCUT2D eigenvalue weighted by molar-refractivity contribution is 5.79. The zero-order valence-electron chi connectivity index (χ0n) is 13.1. The topological polar surface area (TPSA) is 59.2 Å². The minimum absolute atomic E-state index is 0.172. The standard InChI is InChI=1S/C18H21N3O2/c22-17-10-15(13-6-2-1-3-7-13)11-21(17)12-16-19-18(23-20-16)14-8-4-5-9-14/h1-3,6-7,14-15H,4-5,8-12H2. The molecule has 1 aromatic heterocycles. The van der Waals surface area contributed by atoms with Gasteiger partial charge in [0.1, 0.15) is 0 Å². The predicted octanol–water partition coefficient (Wildman–Crippen LogP) is 3.24. The molecule has 5 heteroatoms. The first kappa shape index (κ1) is 14.4. The van der Waals surface area contributed by atoms with Crippen LogP contribution in [0.3, 0.4) is 0 Å². The number of rotatable bonds is 4. The van der Waals surface area contributed by atoms with Gasteiger partial charge in [0, 0.05) is 24.8 Å². The summed E-state index contributed by atoms with van der Waals surface area (Å²) in [7, 11) is 0. The second-order valence-electron chi connectivity index (χ2n) is 6.62. The minimum atomic E-state index is 0.172. The molecule has 23 heavy (non-hydrogen) atoms. The van der Waals surface area contributed by atoms with Crippen LogP contribution in [0, 0.1) is 0 Å². The normalized spacial score (nSPS) is 22.2. The molecule has 0 N–H and O–H groups in total. The first-order valence-electron chi connectivity index (χ1n) is 8.45. The number of nitrogens with zero attached hydrogens (tertiary/aromatic N) is 3. The van der Waals surface area contributed by atoms with Crippen molar-refractivity contribution in [3.8, 4) is 0 Å². The number of carbonyl (C=O) groups excluding carboxylic acids is 1. The third-order valence-electron chi connectivity index (χ3n) is 5.01. The van der Waals surface area contributed by atoms with Crippen molar-refractivity contribution in [2.24, 2.45) is 0 Å². The van der Waals surface area contributed by atoms with Crippen molar-refractivity contribution in [1.29, 1.82) is 0 Å². The average molecular weight is 311 g/mol. The molecule has 1 atom stereocenters. The highest BCUT2D eigenvalue weighted by atomic mass is 16.5. The van der Waals surface area contributed by atoms with Crippen LogP contribution in [0.4, 0.5) is 0 Å². The van der Waals surface area contributed by atoms with Gasteiger partial charge in [-0.25, -0.2) is 0 Å². The fourth-order valence-corrected chi connectivity index (χ4v) is 3.71. The van der Waals surface area contributed by atoms with Crippen LogP contribution in [0.5, 0.6) is 0 Å². The highest BCUT2D eigenvalue weighted by Gasteiger charge is 2.32. The van der Waals surface area contributed by atoms with Gasteiger partial charge in [-0.2, -0.15) is 4.98 Å². The van der Waals surface area contributed by atoms with Crippen LogP contribution >= 0.6 is 0 Å².